The van der Waals surface area contributed by atoms with Crippen molar-refractivity contribution in [2.75, 3.05) is 19.6 Å². The molecule has 3 aromatic rings. The van der Waals surface area contributed by atoms with Crippen molar-refractivity contribution in [2.24, 2.45) is 10.9 Å². The summed E-state index contributed by atoms with van der Waals surface area (Å²) in [6.45, 7) is 2.52. The summed E-state index contributed by atoms with van der Waals surface area (Å²) >= 11 is 6.01. The molecule has 0 saturated carbocycles. The number of nitrogens with two attached hydrogens (primary N) is 1. The van der Waals surface area contributed by atoms with Gasteiger partial charge in [0.1, 0.15) is 5.75 Å². The molecule has 5 rings (SSSR count). The summed E-state index contributed by atoms with van der Waals surface area (Å²) in [5.74, 6) is 1.25. The standard InChI is InChI=1S/C28H29ClN4O3/c29-21-10-8-20(9-11-21)28(34)12-16-33(17-13-28)15-3-4-19-18-24-23(26(30)32-35)5-1-7-25(24)36-27-22(19)6-2-14-31-27/h1-2,4-11,14,34-35H,3,12-13,15-18H2,(H2,30,32). The zero-order valence-corrected chi connectivity index (χ0v) is 20.7. The maximum atomic E-state index is 11.2. The Balaban J connectivity index is 1.31. The van der Waals surface area contributed by atoms with Gasteiger partial charge in [-0.15, -0.1) is 0 Å². The number of hydrogen-bond donors (Lipinski definition) is 3. The highest BCUT2D eigenvalue weighted by Crippen LogP contribution is 2.39. The fourth-order valence-corrected chi connectivity index (χ4v) is 5.17. The quantitative estimate of drug-likeness (QED) is 0.197. The normalized spacial score (nSPS) is 18.7. The van der Waals surface area contributed by atoms with Crippen LogP contribution in [0.3, 0.4) is 0 Å². The van der Waals surface area contributed by atoms with Crippen molar-refractivity contribution in [3.8, 4) is 11.6 Å². The Bertz CT molecular complexity index is 1300. The number of pyridine rings is 1. The van der Waals surface area contributed by atoms with Gasteiger partial charge in [0.05, 0.1) is 5.60 Å². The molecule has 1 saturated heterocycles. The van der Waals surface area contributed by atoms with Crippen LogP contribution < -0.4 is 10.5 Å². The molecule has 2 aromatic carbocycles. The predicted octanol–water partition coefficient (Wildman–Crippen LogP) is 4.94. The molecule has 36 heavy (non-hydrogen) atoms. The van der Waals surface area contributed by atoms with Crippen LogP contribution in [-0.2, 0) is 12.0 Å². The molecule has 2 aliphatic heterocycles. The molecule has 186 valence electrons. The Morgan fingerprint density at radius 2 is 1.92 bits per heavy atom. The lowest BCUT2D eigenvalue weighted by Gasteiger charge is -2.38. The van der Waals surface area contributed by atoms with Crippen LogP contribution in [0.5, 0.6) is 11.6 Å². The molecule has 2 aliphatic rings. The van der Waals surface area contributed by atoms with Crippen molar-refractivity contribution < 1.29 is 15.1 Å². The summed E-state index contributed by atoms with van der Waals surface area (Å²) < 4.78 is 6.15. The zero-order chi connectivity index (χ0) is 25.1. The Hall–Kier alpha value is -3.39. The van der Waals surface area contributed by atoms with Gasteiger partial charge in [0.25, 0.3) is 0 Å². The average Bonchev–Trinajstić information content (AvgIpc) is 3.06. The first-order valence-electron chi connectivity index (χ1n) is 12.1. The second-order valence-electron chi connectivity index (χ2n) is 9.30. The predicted molar refractivity (Wildman–Crippen MR) is 141 cm³/mol. The highest BCUT2D eigenvalue weighted by molar-refractivity contribution is 6.30. The monoisotopic (exact) mass is 504 g/mol. The first-order chi connectivity index (χ1) is 17.5. The van der Waals surface area contributed by atoms with Gasteiger partial charge in [-0.25, -0.2) is 4.98 Å². The largest absolute Gasteiger partial charge is 0.438 e. The number of likely N-dealkylation sites (tertiary alicyclic amines) is 1. The Morgan fingerprint density at radius 3 is 2.67 bits per heavy atom. The summed E-state index contributed by atoms with van der Waals surface area (Å²) in [5.41, 5.74) is 9.62. The number of nitrogens with zero attached hydrogens (tertiary/aromatic N) is 3. The number of piperidine rings is 1. The highest BCUT2D eigenvalue weighted by atomic mass is 35.5. The Morgan fingerprint density at radius 1 is 1.14 bits per heavy atom. The number of aromatic nitrogens is 1. The number of benzene rings is 2. The van der Waals surface area contributed by atoms with Crippen LogP contribution in [0.2, 0.25) is 5.02 Å². The number of amidine groups is 1. The first kappa shape index (κ1) is 24.3. The van der Waals surface area contributed by atoms with Crippen LogP contribution in [-0.4, -0.2) is 45.7 Å². The van der Waals surface area contributed by atoms with E-state index in [1.807, 2.05) is 54.6 Å². The summed E-state index contributed by atoms with van der Waals surface area (Å²) in [7, 11) is 0. The lowest BCUT2D eigenvalue weighted by atomic mass is 9.84. The first-order valence-corrected chi connectivity index (χ1v) is 12.5. The molecule has 0 amide bonds. The van der Waals surface area contributed by atoms with Crippen LogP contribution >= 0.6 is 11.6 Å². The third-order valence-electron chi connectivity index (χ3n) is 7.11. The van der Waals surface area contributed by atoms with E-state index in [4.69, 9.17) is 22.1 Å². The van der Waals surface area contributed by atoms with E-state index in [-0.39, 0.29) is 5.84 Å². The second kappa shape index (κ2) is 10.3. The summed E-state index contributed by atoms with van der Waals surface area (Å²) in [4.78, 5) is 6.83. The molecular weight excluding hydrogens is 476 g/mol. The number of allylic oxidation sites excluding steroid dienone is 1. The fraction of sp³-hybridized carbons (Fsp3) is 0.286. The number of fused-ring (bicyclic) bond motifs is 2. The lowest BCUT2D eigenvalue weighted by Crippen LogP contribution is -2.42. The molecular formula is C28H29ClN4O3. The zero-order valence-electron chi connectivity index (χ0n) is 19.9. The number of ether oxygens (including phenoxy) is 1. The van der Waals surface area contributed by atoms with E-state index in [9.17, 15) is 10.3 Å². The minimum Gasteiger partial charge on any atom is -0.438 e. The minimum absolute atomic E-state index is 0.0511. The van der Waals surface area contributed by atoms with Gasteiger partial charge in [0.15, 0.2) is 5.84 Å². The van der Waals surface area contributed by atoms with E-state index in [0.717, 1.165) is 48.3 Å². The molecule has 0 bridgehead atoms. The Labute approximate surface area is 215 Å². The van der Waals surface area contributed by atoms with Gasteiger partial charge in [-0.3, -0.25) is 0 Å². The maximum Gasteiger partial charge on any atom is 0.226 e. The van der Waals surface area contributed by atoms with Crippen LogP contribution in [0, 0.1) is 0 Å². The van der Waals surface area contributed by atoms with Crippen molar-refractivity contribution in [1.29, 1.82) is 0 Å². The highest BCUT2D eigenvalue weighted by Gasteiger charge is 2.33. The molecule has 0 atom stereocenters. The molecule has 3 heterocycles. The van der Waals surface area contributed by atoms with Crippen molar-refractivity contribution >= 4 is 23.0 Å². The topological polar surface area (TPSA) is 104 Å². The third kappa shape index (κ3) is 4.95. The molecule has 8 heteroatoms. The smallest absolute Gasteiger partial charge is 0.226 e. The van der Waals surface area contributed by atoms with E-state index >= 15 is 0 Å². The number of oxime groups is 1. The van der Waals surface area contributed by atoms with Crippen LogP contribution in [0.1, 0.15) is 41.5 Å². The fourth-order valence-electron chi connectivity index (χ4n) is 5.04. The van der Waals surface area contributed by atoms with Gasteiger partial charge in [-0.1, -0.05) is 47.1 Å². The van der Waals surface area contributed by atoms with Gasteiger partial charge >= 0.3 is 0 Å². The van der Waals surface area contributed by atoms with E-state index in [1.54, 1.807) is 6.20 Å². The van der Waals surface area contributed by atoms with Gasteiger partial charge in [-0.2, -0.15) is 0 Å². The van der Waals surface area contributed by atoms with Gasteiger partial charge in [-0.05, 0) is 60.7 Å². The van der Waals surface area contributed by atoms with E-state index in [2.05, 4.69) is 21.1 Å². The maximum absolute atomic E-state index is 11.2. The average molecular weight is 505 g/mol. The van der Waals surface area contributed by atoms with Crippen molar-refractivity contribution in [1.82, 2.24) is 9.88 Å². The van der Waals surface area contributed by atoms with Crippen LogP contribution in [0.15, 0.2) is 72.0 Å². The number of halogens is 1. The van der Waals surface area contributed by atoms with Gasteiger partial charge < -0.3 is 25.7 Å². The van der Waals surface area contributed by atoms with E-state index in [1.165, 1.54) is 0 Å². The van der Waals surface area contributed by atoms with Crippen LogP contribution in [0.4, 0.5) is 0 Å². The molecule has 4 N–H and O–H groups in total. The van der Waals surface area contributed by atoms with Gasteiger partial charge in [0, 0.05) is 54.0 Å². The lowest BCUT2D eigenvalue weighted by molar-refractivity contribution is -0.0254. The van der Waals surface area contributed by atoms with Gasteiger partial charge in [0.2, 0.25) is 5.88 Å². The summed E-state index contributed by atoms with van der Waals surface area (Å²) in [5, 5.41) is 24.3. The molecule has 1 fully saturated rings. The number of hydrogen-bond acceptors (Lipinski definition) is 6. The molecule has 0 aliphatic carbocycles. The second-order valence-corrected chi connectivity index (χ2v) is 9.74. The molecule has 7 nitrogen and oxygen atoms in total. The number of aliphatic hydroxyl groups is 1. The molecule has 0 unspecified atom stereocenters. The van der Waals surface area contributed by atoms with Crippen molar-refractivity contribution in [2.45, 2.75) is 31.3 Å². The van der Waals surface area contributed by atoms with Crippen molar-refractivity contribution in [3.05, 3.63) is 94.1 Å². The summed E-state index contributed by atoms with van der Waals surface area (Å²) in [6, 6.07) is 16.9. The minimum atomic E-state index is -0.808. The van der Waals surface area contributed by atoms with E-state index in [0.29, 0.717) is 41.5 Å². The third-order valence-corrected chi connectivity index (χ3v) is 7.36. The molecule has 1 aromatic heterocycles. The van der Waals surface area contributed by atoms with E-state index < -0.39 is 5.60 Å². The van der Waals surface area contributed by atoms with Crippen molar-refractivity contribution in [3.63, 3.8) is 0 Å². The van der Waals surface area contributed by atoms with Crippen LogP contribution in [0.25, 0.3) is 5.57 Å². The number of rotatable bonds is 5. The summed E-state index contributed by atoms with van der Waals surface area (Å²) in [6.07, 6.45) is 6.72. The molecule has 0 spiro atoms. The Kier molecular flexibility index (Phi) is 6.96. The molecule has 0 radical (unpaired) electrons. The SMILES string of the molecule is NC(=NO)c1cccc2c1CC(=CCCN1CCC(O)(c3ccc(Cl)cc3)CC1)c1cccnc1O2.